The van der Waals surface area contributed by atoms with Crippen molar-refractivity contribution in [2.24, 2.45) is 5.73 Å². The molecule has 0 bridgehead atoms. The molecule has 0 aromatic rings. The third-order valence-corrected chi connectivity index (χ3v) is 4.09. The van der Waals surface area contributed by atoms with Gasteiger partial charge in [-0.15, -0.1) is 0 Å². The van der Waals surface area contributed by atoms with Crippen LogP contribution in [0.4, 0.5) is 9.59 Å². The smallest absolute Gasteiger partial charge is 0.408 e. The minimum absolute atomic E-state index is 0.00795. The first-order valence-electron chi connectivity index (χ1n) is 11.4. The second kappa shape index (κ2) is 14.7. The highest BCUT2D eigenvalue weighted by atomic mass is 16.6. The number of rotatable bonds is 13. The van der Waals surface area contributed by atoms with Gasteiger partial charge in [-0.1, -0.05) is 0 Å². The molecular weight excluding hydrogens is 478 g/mol. The monoisotopic (exact) mass is 517 g/mol. The number of ether oxygens (including phenoxy) is 2. The lowest BCUT2D eigenvalue weighted by atomic mass is 10.1. The van der Waals surface area contributed by atoms with Gasteiger partial charge in [-0.05, 0) is 60.8 Å². The molecule has 36 heavy (non-hydrogen) atoms. The van der Waals surface area contributed by atoms with Gasteiger partial charge in [0.25, 0.3) is 0 Å². The number of nitrogens with one attached hydrogen (secondary N) is 4. The maximum atomic E-state index is 12.7. The van der Waals surface area contributed by atoms with E-state index >= 15 is 0 Å². The Bertz CT molecular complexity index is 803. The molecule has 0 aromatic heterocycles. The lowest BCUT2D eigenvalue weighted by molar-refractivity contribution is -0.155. The van der Waals surface area contributed by atoms with Crippen LogP contribution >= 0.6 is 0 Å². The van der Waals surface area contributed by atoms with E-state index < -0.39 is 65.7 Å². The lowest BCUT2D eigenvalue weighted by Gasteiger charge is -2.24. The maximum Gasteiger partial charge on any atom is 0.408 e. The number of carboxylic acids is 1. The molecule has 0 saturated carbocycles. The van der Waals surface area contributed by atoms with E-state index in [1.54, 1.807) is 41.5 Å². The molecule has 0 aliphatic rings. The highest BCUT2D eigenvalue weighted by Gasteiger charge is 2.27. The van der Waals surface area contributed by atoms with Gasteiger partial charge in [0.05, 0.1) is 6.54 Å². The maximum absolute atomic E-state index is 12.7. The Morgan fingerprint density at radius 1 is 0.833 bits per heavy atom. The van der Waals surface area contributed by atoms with Crippen molar-refractivity contribution >= 4 is 35.9 Å². The van der Waals surface area contributed by atoms with Gasteiger partial charge in [-0.25, -0.2) is 14.4 Å². The van der Waals surface area contributed by atoms with Gasteiger partial charge in [-0.3, -0.25) is 14.4 Å². The van der Waals surface area contributed by atoms with E-state index in [2.05, 4.69) is 21.3 Å². The third kappa shape index (κ3) is 16.9. The van der Waals surface area contributed by atoms with Gasteiger partial charge in [0.15, 0.2) is 0 Å². The van der Waals surface area contributed by atoms with Gasteiger partial charge >= 0.3 is 24.1 Å². The standard InChI is InChI=1S/C22H39N5O9/c1-21(2,3)35-16(29)10-9-13(27-20(34)36-22(4,5)6)17(30)25-12-15(28)26-14(18(31)32)8-7-11-24-19(23)33/h13-14H,7-12H2,1-6H3,(H,25,30)(H,26,28)(H,27,34)(H,31,32)(H3,23,24,33)/t13-,14-/m0/s1. The number of urea groups is 1. The fourth-order valence-corrected chi connectivity index (χ4v) is 2.68. The summed E-state index contributed by atoms with van der Waals surface area (Å²) in [4.78, 5) is 71.1. The molecule has 0 unspecified atom stereocenters. The van der Waals surface area contributed by atoms with Crippen molar-refractivity contribution in [3.63, 3.8) is 0 Å². The van der Waals surface area contributed by atoms with E-state index in [1.807, 2.05) is 0 Å². The molecule has 14 heteroatoms. The van der Waals surface area contributed by atoms with E-state index in [4.69, 9.17) is 15.2 Å². The number of alkyl carbamates (subject to hydrolysis) is 1. The second-order valence-corrected chi connectivity index (χ2v) is 9.93. The first-order chi connectivity index (χ1) is 16.4. The molecule has 0 spiro atoms. The molecule has 5 amide bonds. The summed E-state index contributed by atoms with van der Waals surface area (Å²) in [6.45, 7) is 9.50. The summed E-state index contributed by atoms with van der Waals surface area (Å²) >= 11 is 0. The van der Waals surface area contributed by atoms with Crippen LogP contribution < -0.4 is 27.0 Å². The number of esters is 1. The quantitative estimate of drug-likeness (QED) is 0.144. The first kappa shape index (κ1) is 32.4. The van der Waals surface area contributed by atoms with Crippen molar-refractivity contribution < 1.29 is 43.3 Å². The van der Waals surface area contributed by atoms with Crippen molar-refractivity contribution in [3.8, 4) is 0 Å². The van der Waals surface area contributed by atoms with Crippen molar-refractivity contribution in [1.82, 2.24) is 21.3 Å². The Labute approximate surface area is 210 Å². The Morgan fingerprint density at radius 2 is 1.42 bits per heavy atom. The molecule has 0 saturated heterocycles. The summed E-state index contributed by atoms with van der Waals surface area (Å²) in [5, 5.41) is 18.5. The number of nitrogens with two attached hydrogens (primary N) is 1. The summed E-state index contributed by atoms with van der Waals surface area (Å²) in [5.74, 6) is -3.45. The SMILES string of the molecule is CC(C)(C)OC(=O)CC[C@H](NC(=O)OC(C)(C)C)C(=O)NCC(=O)N[C@@H](CCCNC(N)=O)C(=O)O. The van der Waals surface area contributed by atoms with Crippen LogP contribution in [0.2, 0.25) is 0 Å². The van der Waals surface area contributed by atoms with E-state index in [0.29, 0.717) is 0 Å². The largest absolute Gasteiger partial charge is 0.480 e. The average Bonchev–Trinajstić information content (AvgIpc) is 2.68. The summed E-state index contributed by atoms with van der Waals surface area (Å²) in [5.41, 5.74) is 3.36. The van der Waals surface area contributed by atoms with E-state index in [1.165, 1.54) is 0 Å². The predicted octanol–water partition coefficient (Wildman–Crippen LogP) is 0.136. The van der Waals surface area contributed by atoms with Gasteiger partial charge in [0, 0.05) is 13.0 Å². The lowest BCUT2D eigenvalue weighted by Crippen LogP contribution is -2.51. The van der Waals surface area contributed by atoms with E-state index in [-0.39, 0.29) is 32.2 Å². The van der Waals surface area contributed by atoms with E-state index in [0.717, 1.165) is 0 Å². The molecule has 7 N–H and O–H groups in total. The van der Waals surface area contributed by atoms with Crippen LogP contribution in [0.5, 0.6) is 0 Å². The second-order valence-electron chi connectivity index (χ2n) is 9.93. The normalized spacial score (nSPS) is 12.9. The first-order valence-corrected chi connectivity index (χ1v) is 11.4. The summed E-state index contributed by atoms with van der Waals surface area (Å²) < 4.78 is 10.4. The molecule has 2 atom stereocenters. The number of amides is 5. The minimum Gasteiger partial charge on any atom is -0.480 e. The Balaban J connectivity index is 5.02. The number of carbonyl (C=O) groups excluding carboxylic acids is 5. The molecule has 0 rings (SSSR count). The van der Waals surface area contributed by atoms with Gasteiger partial charge < -0.3 is 41.6 Å². The van der Waals surface area contributed by atoms with Crippen molar-refractivity contribution in [2.45, 2.75) is 90.5 Å². The van der Waals surface area contributed by atoms with Crippen molar-refractivity contribution in [2.75, 3.05) is 13.1 Å². The number of hydrogen-bond donors (Lipinski definition) is 6. The topological polar surface area (TPSA) is 215 Å². The van der Waals surface area contributed by atoms with Crippen molar-refractivity contribution in [1.29, 1.82) is 0 Å². The number of primary amides is 1. The predicted molar refractivity (Wildman–Crippen MR) is 128 cm³/mol. The Hall–Kier alpha value is -3.58. The molecule has 0 radical (unpaired) electrons. The van der Waals surface area contributed by atoms with Gasteiger partial charge in [-0.2, -0.15) is 0 Å². The number of carbonyl (C=O) groups is 6. The summed E-state index contributed by atoms with van der Waals surface area (Å²) in [6, 6.07) is -3.24. The van der Waals surface area contributed by atoms with Gasteiger partial charge in [0.2, 0.25) is 11.8 Å². The highest BCUT2D eigenvalue weighted by molar-refractivity contribution is 5.91. The minimum atomic E-state index is -1.30. The molecule has 0 fully saturated rings. The average molecular weight is 518 g/mol. The highest BCUT2D eigenvalue weighted by Crippen LogP contribution is 2.11. The van der Waals surface area contributed by atoms with Crippen LogP contribution in [0.3, 0.4) is 0 Å². The Morgan fingerprint density at radius 3 is 1.92 bits per heavy atom. The number of aliphatic carboxylic acids is 1. The molecule has 206 valence electrons. The Kier molecular flexibility index (Phi) is 13.3. The van der Waals surface area contributed by atoms with Crippen molar-refractivity contribution in [3.05, 3.63) is 0 Å². The molecule has 0 aromatic carbocycles. The zero-order valence-electron chi connectivity index (χ0n) is 21.7. The van der Waals surface area contributed by atoms with Crippen LogP contribution in [0.25, 0.3) is 0 Å². The fraction of sp³-hybridized carbons (Fsp3) is 0.727. The zero-order valence-corrected chi connectivity index (χ0v) is 21.7. The molecule has 0 aliphatic heterocycles. The number of carboxylic acid groups (broad SMARTS) is 1. The summed E-state index contributed by atoms with van der Waals surface area (Å²) in [6.07, 6.45) is -0.983. The van der Waals surface area contributed by atoms with Crippen LogP contribution in [0.15, 0.2) is 0 Å². The number of hydrogen-bond acceptors (Lipinski definition) is 8. The molecular formula is C22H39N5O9. The fourth-order valence-electron chi connectivity index (χ4n) is 2.68. The van der Waals surface area contributed by atoms with E-state index in [9.17, 15) is 33.9 Å². The molecule has 14 nitrogen and oxygen atoms in total. The van der Waals surface area contributed by atoms with Crippen LogP contribution in [-0.4, -0.2) is 77.4 Å². The van der Waals surface area contributed by atoms with Crippen LogP contribution in [0.1, 0.15) is 67.2 Å². The van der Waals surface area contributed by atoms with Crippen LogP contribution in [-0.2, 0) is 28.7 Å². The van der Waals surface area contributed by atoms with Crippen LogP contribution in [0, 0.1) is 0 Å². The molecule has 0 heterocycles. The summed E-state index contributed by atoms with van der Waals surface area (Å²) in [7, 11) is 0. The van der Waals surface area contributed by atoms with Gasteiger partial charge in [0.1, 0.15) is 23.3 Å². The molecule has 0 aliphatic carbocycles. The zero-order chi connectivity index (χ0) is 28.1. The third-order valence-electron chi connectivity index (χ3n) is 4.09.